The Morgan fingerprint density at radius 1 is 1.33 bits per heavy atom. The maximum atomic E-state index is 12.3. The second kappa shape index (κ2) is 4.70. The fraction of sp³-hybridized carbons (Fsp3) is 0.250. The highest BCUT2D eigenvalue weighted by Gasteiger charge is 2.20. The van der Waals surface area contributed by atoms with Gasteiger partial charge in [0.1, 0.15) is 10.8 Å². The second-order valence-corrected chi connectivity index (χ2v) is 7.03. The molecule has 0 bridgehead atoms. The van der Waals surface area contributed by atoms with Crippen molar-refractivity contribution < 1.29 is 8.42 Å². The summed E-state index contributed by atoms with van der Waals surface area (Å²) in [7, 11) is -3.43. The van der Waals surface area contributed by atoms with Crippen LogP contribution in [-0.2, 0) is 15.6 Å². The van der Waals surface area contributed by atoms with Crippen molar-refractivity contribution in [2.24, 2.45) is 0 Å². The van der Waals surface area contributed by atoms with Gasteiger partial charge in [0.25, 0.3) is 0 Å². The number of aromatic nitrogens is 1. The average molecular weight is 282 g/mol. The standard InChI is InChI=1S/C12H14N2O2S2/c1-8-4-3-5-10(12(8)13)18(15,16)7-11-14-9(2)6-17-11/h3-6H,7,13H2,1-2H3. The van der Waals surface area contributed by atoms with E-state index in [1.54, 1.807) is 19.1 Å². The van der Waals surface area contributed by atoms with E-state index in [4.69, 9.17) is 5.73 Å². The van der Waals surface area contributed by atoms with Gasteiger partial charge in [-0.2, -0.15) is 0 Å². The number of hydrogen-bond acceptors (Lipinski definition) is 5. The van der Waals surface area contributed by atoms with E-state index in [1.165, 1.54) is 17.4 Å². The van der Waals surface area contributed by atoms with Crippen LogP contribution in [0.4, 0.5) is 5.69 Å². The summed E-state index contributed by atoms with van der Waals surface area (Å²) in [6.45, 7) is 3.63. The van der Waals surface area contributed by atoms with Gasteiger partial charge in [-0.05, 0) is 25.5 Å². The van der Waals surface area contributed by atoms with Crippen LogP contribution >= 0.6 is 11.3 Å². The largest absolute Gasteiger partial charge is 0.397 e. The van der Waals surface area contributed by atoms with Gasteiger partial charge >= 0.3 is 0 Å². The van der Waals surface area contributed by atoms with Crippen molar-refractivity contribution in [3.05, 3.63) is 39.8 Å². The molecule has 0 unspecified atom stereocenters. The summed E-state index contributed by atoms with van der Waals surface area (Å²) in [5.74, 6) is -0.0981. The van der Waals surface area contributed by atoms with Crippen LogP contribution in [0.5, 0.6) is 0 Å². The van der Waals surface area contributed by atoms with Crippen LogP contribution in [-0.4, -0.2) is 13.4 Å². The molecule has 2 rings (SSSR count). The number of hydrogen-bond donors (Lipinski definition) is 1. The van der Waals surface area contributed by atoms with E-state index in [9.17, 15) is 8.42 Å². The number of thiazole rings is 1. The summed E-state index contributed by atoms with van der Waals surface area (Å²) in [6.07, 6.45) is 0. The SMILES string of the molecule is Cc1csc(CS(=O)(=O)c2cccc(C)c2N)n1. The molecule has 0 radical (unpaired) electrons. The molecular weight excluding hydrogens is 268 g/mol. The first kappa shape index (κ1) is 13.0. The molecule has 96 valence electrons. The van der Waals surface area contributed by atoms with Gasteiger partial charge in [0, 0.05) is 11.1 Å². The van der Waals surface area contributed by atoms with Gasteiger partial charge in [0.15, 0.2) is 9.84 Å². The number of anilines is 1. The molecule has 1 aromatic carbocycles. The lowest BCUT2D eigenvalue weighted by Crippen LogP contribution is -2.08. The first-order chi connectivity index (χ1) is 8.40. The lowest BCUT2D eigenvalue weighted by molar-refractivity contribution is 0.595. The third-order valence-corrected chi connectivity index (χ3v) is 5.43. The third kappa shape index (κ3) is 2.54. The molecule has 4 nitrogen and oxygen atoms in total. The van der Waals surface area contributed by atoms with Crippen LogP contribution < -0.4 is 5.73 Å². The van der Waals surface area contributed by atoms with Gasteiger partial charge in [-0.15, -0.1) is 11.3 Å². The molecule has 0 aliphatic heterocycles. The second-order valence-electron chi connectivity index (χ2n) is 4.13. The minimum Gasteiger partial charge on any atom is -0.397 e. The number of nitrogen functional groups attached to an aromatic ring is 1. The number of rotatable bonds is 3. The molecule has 0 aliphatic rings. The molecule has 18 heavy (non-hydrogen) atoms. The molecule has 0 fully saturated rings. The average Bonchev–Trinajstić information content (AvgIpc) is 2.67. The summed E-state index contributed by atoms with van der Waals surface area (Å²) in [4.78, 5) is 4.36. The number of sulfone groups is 1. The van der Waals surface area contributed by atoms with Gasteiger partial charge in [0.05, 0.1) is 10.6 Å². The fourth-order valence-corrected chi connectivity index (χ4v) is 4.25. The molecule has 1 heterocycles. The summed E-state index contributed by atoms with van der Waals surface area (Å²) < 4.78 is 24.5. The number of nitrogens with two attached hydrogens (primary N) is 1. The topological polar surface area (TPSA) is 73.0 Å². The maximum Gasteiger partial charge on any atom is 0.186 e. The molecule has 0 saturated heterocycles. The summed E-state index contributed by atoms with van der Waals surface area (Å²) in [5, 5.41) is 2.43. The lowest BCUT2D eigenvalue weighted by atomic mass is 10.2. The molecule has 0 amide bonds. The molecule has 0 saturated carbocycles. The van der Waals surface area contributed by atoms with Gasteiger partial charge in [-0.25, -0.2) is 13.4 Å². The third-order valence-electron chi connectivity index (χ3n) is 2.60. The molecule has 2 N–H and O–H groups in total. The Morgan fingerprint density at radius 2 is 2.06 bits per heavy atom. The van der Waals surface area contributed by atoms with Crippen molar-refractivity contribution in [1.29, 1.82) is 0 Å². The van der Waals surface area contributed by atoms with Crippen LogP contribution in [0.2, 0.25) is 0 Å². The molecule has 0 atom stereocenters. The Kier molecular flexibility index (Phi) is 3.41. The number of para-hydroxylation sites is 1. The Bertz CT molecular complexity index is 675. The van der Waals surface area contributed by atoms with E-state index in [0.717, 1.165) is 11.3 Å². The Labute approximate surface area is 110 Å². The molecule has 1 aromatic heterocycles. The van der Waals surface area contributed by atoms with E-state index >= 15 is 0 Å². The van der Waals surface area contributed by atoms with E-state index < -0.39 is 9.84 Å². The number of benzene rings is 1. The molecule has 2 aromatic rings. The normalized spacial score (nSPS) is 11.7. The fourth-order valence-electron chi connectivity index (χ4n) is 1.63. The zero-order valence-corrected chi connectivity index (χ0v) is 11.8. The zero-order chi connectivity index (χ0) is 13.3. The Morgan fingerprint density at radius 3 is 2.67 bits per heavy atom. The summed E-state index contributed by atoms with van der Waals surface area (Å²) >= 11 is 1.35. The number of nitrogens with zero attached hydrogens (tertiary/aromatic N) is 1. The van der Waals surface area contributed by atoms with Gasteiger partial charge in [-0.1, -0.05) is 12.1 Å². The highest BCUT2D eigenvalue weighted by Crippen LogP contribution is 2.25. The van der Waals surface area contributed by atoms with Crippen molar-refractivity contribution >= 4 is 26.9 Å². The quantitative estimate of drug-likeness (QED) is 0.877. The Balaban J connectivity index is 2.40. The highest BCUT2D eigenvalue weighted by molar-refractivity contribution is 7.91. The first-order valence-electron chi connectivity index (χ1n) is 5.39. The predicted octanol–water partition coefficient (Wildman–Crippen LogP) is 2.32. The van der Waals surface area contributed by atoms with Crippen LogP contribution in [0.1, 0.15) is 16.3 Å². The molecule has 0 spiro atoms. The summed E-state index contributed by atoms with van der Waals surface area (Å²) in [6, 6.07) is 5.03. The van der Waals surface area contributed by atoms with Crippen molar-refractivity contribution in [3.63, 3.8) is 0 Å². The van der Waals surface area contributed by atoms with Crippen molar-refractivity contribution in [1.82, 2.24) is 4.98 Å². The minimum absolute atomic E-state index is 0.0981. The van der Waals surface area contributed by atoms with Crippen molar-refractivity contribution in [2.45, 2.75) is 24.5 Å². The van der Waals surface area contributed by atoms with Crippen LogP contribution in [0.3, 0.4) is 0 Å². The van der Waals surface area contributed by atoms with E-state index in [1.807, 2.05) is 12.3 Å². The van der Waals surface area contributed by atoms with E-state index in [2.05, 4.69) is 4.98 Å². The summed E-state index contributed by atoms with van der Waals surface area (Å²) in [5.41, 5.74) is 7.76. The van der Waals surface area contributed by atoms with Crippen molar-refractivity contribution in [3.8, 4) is 0 Å². The highest BCUT2D eigenvalue weighted by atomic mass is 32.2. The molecular formula is C12H14N2O2S2. The number of aryl methyl sites for hydroxylation is 2. The van der Waals surface area contributed by atoms with Gasteiger partial charge < -0.3 is 5.73 Å². The lowest BCUT2D eigenvalue weighted by Gasteiger charge is -2.08. The first-order valence-corrected chi connectivity index (χ1v) is 7.92. The maximum absolute atomic E-state index is 12.3. The van der Waals surface area contributed by atoms with Gasteiger partial charge in [-0.3, -0.25) is 0 Å². The smallest absolute Gasteiger partial charge is 0.186 e. The van der Waals surface area contributed by atoms with Crippen LogP contribution in [0.15, 0.2) is 28.5 Å². The van der Waals surface area contributed by atoms with Crippen LogP contribution in [0.25, 0.3) is 0 Å². The predicted molar refractivity (Wildman–Crippen MR) is 73.3 cm³/mol. The zero-order valence-electron chi connectivity index (χ0n) is 10.2. The van der Waals surface area contributed by atoms with E-state index in [0.29, 0.717) is 10.7 Å². The van der Waals surface area contributed by atoms with E-state index in [-0.39, 0.29) is 10.6 Å². The Hall–Kier alpha value is -1.40. The minimum atomic E-state index is -3.43. The monoisotopic (exact) mass is 282 g/mol. The van der Waals surface area contributed by atoms with Gasteiger partial charge in [0.2, 0.25) is 0 Å². The molecule has 6 heteroatoms. The van der Waals surface area contributed by atoms with Crippen LogP contribution in [0, 0.1) is 13.8 Å². The molecule has 0 aliphatic carbocycles. The van der Waals surface area contributed by atoms with Crippen molar-refractivity contribution in [2.75, 3.05) is 5.73 Å².